The van der Waals surface area contributed by atoms with Crippen LogP contribution in [0.25, 0.3) is 10.2 Å². The summed E-state index contributed by atoms with van der Waals surface area (Å²) >= 11 is 14.9. The minimum absolute atomic E-state index is 0.211. The van der Waals surface area contributed by atoms with Gasteiger partial charge in [-0.2, -0.15) is 0 Å². The summed E-state index contributed by atoms with van der Waals surface area (Å²) in [5.74, 6) is 1.03. The number of anilines is 1. The van der Waals surface area contributed by atoms with Crippen molar-refractivity contribution in [2.24, 2.45) is 0 Å². The molecule has 1 aromatic carbocycles. The fourth-order valence-corrected chi connectivity index (χ4v) is 4.81. The molecule has 3 heterocycles. The molecule has 3 aromatic heterocycles. The number of hydrogen-bond acceptors (Lipinski definition) is 6. The molecular formula is C18H12Cl2N2O3S2. The number of benzene rings is 1. The van der Waals surface area contributed by atoms with Gasteiger partial charge in [-0.3, -0.25) is 9.69 Å². The maximum Gasteiger partial charge on any atom is 0.270 e. The molecule has 0 N–H and O–H groups in total. The third kappa shape index (κ3) is 3.55. The zero-order valence-corrected chi connectivity index (χ0v) is 17.1. The van der Waals surface area contributed by atoms with Crippen molar-refractivity contribution in [3.8, 4) is 5.75 Å². The number of thiophene rings is 1. The summed E-state index contributed by atoms with van der Waals surface area (Å²) in [6.45, 7) is 0.237. The second-order valence-electron chi connectivity index (χ2n) is 5.50. The Labute approximate surface area is 172 Å². The Balaban J connectivity index is 1.81. The van der Waals surface area contributed by atoms with Crippen LogP contribution in [-0.2, 0) is 6.54 Å². The molecule has 0 radical (unpaired) electrons. The van der Waals surface area contributed by atoms with Crippen LogP contribution in [0.3, 0.4) is 0 Å². The normalized spacial score (nSPS) is 11.1. The molecule has 0 fully saturated rings. The number of rotatable bonds is 5. The Kier molecular flexibility index (Phi) is 5.10. The van der Waals surface area contributed by atoms with E-state index in [0.29, 0.717) is 36.4 Å². The summed E-state index contributed by atoms with van der Waals surface area (Å²) in [6.07, 6.45) is 1.57. The van der Waals surface area contributed by atoms with Gasteiger partial charge >= 0.3 is 0 Å². The number of carbonyl (C=O) groups is 1. The Hall–Kier alpha value is -2.06. The number of thiazole rings is 1. The average molecular weight is 439 g/mol. The molecule has 0 spiro atoms. The molecule has 0 atom stereocenters. The maximum atomic E-state index is 13.1. The van der Waals surface area contributed by atoms with E-state index in [9.17, 15) is 4.79 Å². The number of aromatic nitrogens is 1. The monoisotopic (exact) mass is 438 g/mol. The Morgan fingerprint density at radius 2 is 2.07 bits per heavy atom. The van der Waals surface area contributed by atoms with E-state index < -0.39 is 0 Å². The number of carbonyl (C=O) groups excluding carboxylic acids is 1. The summed E-state index contributed by atoms with van der Waals surface area (Å²) in [7, 11) is 1.57. The first-order valence-corrected chi connectivity index (χ1v) is 10.2. The molecule has 138 valence electrons. The van der Waals surface area contributed by atoms with Crippen LogP contribution >= 0.6 is 45.9 Å². The van der Waals surface area contributed by atoms with E-state index in [4.69, 9.17) is 32.4 Å². The number of hydrogen-bond donors (Lipinski definition) is 0. The van der Waals surface area contributed by atoms with Crippen molar-refractivity contribution in [2.75, 3.05) is 12.0 Å². The Morgan fingerprint density at radius 1 is 1.22 bits per heavy atom. The predicted molar refractivity (Wildman–Crippen MR) is 110 cm³/mol. The second kappa shape index (κ2) is 7.52. The Morgan fingerprint density at radius 3 is 2.74 bits per heavy atom. The Bertz CT molecular complexity index is 1110. The third-order valence-electron chi connectivity index (χ3n) is 3.82. The van der Waals surface area contributed by atoms with Crippen LogP contribution in [0.1, 0.15) is 15.4 Å². The van der Waals surface area contributed by atoms with Crippen molar-refractivity contribution in [2.45, 2.75) is 6.54 Å². The number of amides is 1. The number of methoxy groups -OCH3 is 1. The van der Waals surface area contributed by atoms with Gasteiger partial charge in [-0.25, -0.2) is 4.98 Å². The fraction of sp³-hybridized carbons (Fsp3) is 0.111. The zero-order chi connectivity index (χ0) is 19.0. The molecule has 0 saturated carbocycles. The molecule has 5 nitrogen and oxygen atoms in total. The highest BCUT2D eigenvalue weighted by atomic mass is 35.5. The van der Waals surface area contributed by atoms with Crippen molar-refractivity contribution < 1.29 is 13.9 Å². The van der Waals surface area contributed by atoms with Crippen LogP contribution in [0.4, 0.5) is 5.13 Å². The van der Waals surface area contributed by atoms with Gasteiger partial charge in [0.1, 0.15) is 17.0 Å². The van der Waals surface area contributed by atoms with Gasteiger partial charge in [0, 0.05) is 0 Å². The van der Waals surface area contributed by atoms with Crippen LogP contribution in [0.5, 0.6) is 5.75 Å². The standard InChI is InChI=1S/C18H12Cl2N2O3S2/c1-24-12-5-4-11(19)16-15(12)21-18(27-16)22(9-10-3-2-8-25-10)17(23)13-6-7-14(20)26-13/h2-8H,9H2,1H3. The molecule has 0 unspecified atom stereocenters. The van der Waals surface area contributed by atoms with Gasteiger partial charge in [-0.15, -0.1) is 11.3 Å². The van der Waals surface area contributed by atoms with E-state index >= 15 is 0 Å². The van der Waals surface area contributed by atoms with E-state index in [1.165, 1.54) is 22.7 Å². The topological polar surface area (TPSA) is 55.6 Å². The van der Waals surface area contributed by atoms with Gasteiger partial charge in [0.15, 0.2) is 5.13 Å². The molecule has 0 aliphatic heterocycles. The van der Waals surface area contributed by atoms with Crippen molar-refractivity contribution >= 4 is 67.1 Å². The van der Waals surface area contributed by atoms with Gasteiger partial charge in [0.05, 0.1) is 38.9 Å². The van der Waals surface area contributed by atoms with Crippen molar-refractivity contribution in [3.05, 3.63) is 62.7 Å². The van der Waals surface area contributed by atoms with E-state index in [0.717, 1.165) is 4.70 Å². The lowest BCUT2D eigenvalue weighted by Gasteiger charge is -2.17. The highest BCUT2D eigenvalue weighted by Gasteiger charge is 2.25. The highest BCUT2D eigenvalue weighted by molar-refractivity contribution is 7.23. The minimum atomic E-state index is -0.211. The average Bonchev–Trinajstić information content (AvgIpc) is 3.40. The first kappa shape index (κ1) is 18.3. The van der Waals surface area contributed by atoms with Crippen molar-refractivity contribution in [1.82, 2.24) is 4.98 Å². The quantitative estimate of drug-likeness (QED) is 0.376. The molecule has 27 heavy (non-hydrogen) atoms. The van der Waals surface area contributed by atoms with Gasteiger partial charge in [0.2, 0.25) is 0 Å². The molecule has 4 aromatic rings. The number of furan rings is 1. The first-order chi connectivity index (χ1) is 13.1. The first-order valence-electron chi connectivity index (χ1n) is 7.79. The summed E-state index contributed by atoms with van der Waals surface area (Å²) < 4.78 is 12.1. The SMILES string of the molecule is COc1ccc(Cl)c2sc(N(Cc3ccco3)C(=O)c3ccc(Cl)s3)nc12. The maximum absolute atomic E-state index is 13.1. The summed E-state index contributed by atoms with van der Waals surface area (Å²) in [5, 5.41) is 1.06. The van der Waals surface area contributed by atoms with Crippen LogP contribution in [0, 0.1) is 0 Å². The summed E-state index contributed by atoms with van der Waals surface area (Å²) in [5.41, 5.74) is 0.617. The predicted octanol–water partition coefficient (Wildman–Crippen LogP) is 6.11. The number of fused-ring (bicyclic) bond motifs is 1. The van der Waals surface area contributed by atoms with Crippen molar-refractivity contribution in [1.29, 1.82) is 0 Å². The summed E-state index contributed by atoms with van der Waals surface area (Å²) in [6, 6.07) is 10.5. The lowest BCUT2D eigenvalue weighted by molar-refractivity contribution is 0.0987. The fourth-order valence-electron chi connectivity index (χ4n) is 2.57. The molecule has 0 aliphatic carbocycles. The second-order valence-corrected chi connectivity index (χ2v) is 8.60. The molecular weight excluding hydrogens is 427 g/mol. The minimum Gasteiger partial charge on any atom is -0.494 e. The van der Waals surface area contributed by atoms with Gasteiger partial charge in [-0.1, -0.05) is 34.5 Å². The third-order valence-corrected chi connectivity index (χ3v) is 6.58. The van der Waals surface area contributed by atoms with Gasteiger partial charge in [0.25, 0.3) is 5.91 Å². The largest absolute Gasteiger partial charge is 0.494 e. The van der Waals surface area contributed by atoms with Crippen LogP contribution in [0.15, 0.2) is 47.1 Å². The molecule has 1 amide bonds. The molecule has 9 heteroatoms. The van der Waals surface area contributed by atoms with Crippen molar-refractivity contribution in [3.63, 3.8) is 0 Å². The van der Waals surface area contributed by atoms with E-state index in [1.54, 1.807) is 48.6 Å². The van der Waals surface area contributed by atoms with Crippen LogP contribution in [0.2, 0.25) is 9.36 Å². The van der Waals surface area contributed by atoms with Crippen LogP contribution in [-0.4, -0.2) is 18.0 Å². The van der Waals surface area contributed by atoms with Crippen LogP contribution < -0.4 is 9.64 Å². The summed E-state index contributed by atoms with van der Waals surface area (Å²) in [4.78, 5) is 19.8. The lowest BCUT2D eigenvalue weighted by atomic mass is 10.3. The number of ether oxygens (including phenoxy) is 1. The smallest absolute Gasteiger partial charge is 0.270 e. The molecule has 0 aliphatic rings. The molecule has 0 saturated heterocycles. The van der Waals surface area contributed by atoms with Gasteiger partial charge < -0.3 is 9.15 Å². The van der Waals surface area contributed by atoms with Gasteiger partial charge in [-0.05, 0) is 36.4 Å². The highest BCUT2D eigenvalue weighted by Crippen LogP contribution is 2.39. The van der Waals surface area contributed by atoms with E-state index in [-0.39, 0.29) is 12.5 Å². The lowest BCUT2D eigenvalue weighted by Crippen LogP contribution is -2.29. The number of halogens is 2. The number of nitrogens with zero attached hydrogens (tertiary/aromatic N) is 2. The molecule has 0 bridgehead atoms. The molecule has 4 rings (SSSR count). The zero-order valence-electron chi connectivity index (χ0n) is 13.9. The van der Waals surface area contributed by atoms with E-state index in [1.807, 2.05) is 6.07 Å². The van der Waals surface area contributed by atoms with E-state index in [2.05, 4.69) is 4.98 Å².